The minimum atomic E-state index is -1.24. The van der Waals surface area contributed by atoms with Gasteiger partial charge in [-0.25, -0.2) is 0 Å². The van der Waals surface area contributed by atoms with Crippen molar-refractivity contribution >= 4 is 8.07 Å². The van der Waals surface area contributed by atoms with Gasteiger partial charge in [0.15, 0.2) is 0 Å². The zero-order valence-electron chi connectivity index (χ0n) is 19.3. The summed E-state index contributed by atoms with van der Waals surface area (Å²) in [6, 6.07) is 10.7. The Hall–Kier alpha value is 0.0200. The first kappa shape index (κ1) is 27.1. The molecule has 4 rings (SSSR count). The van der Waals surface area contributed by atoms with Crippen molar-refractivity contribution in [1.82, 2.24) is 4.90 Å². The van der Waals surface area contributed by atoms with E-state index in [0.717, 1.165) is 19.6 Å². The molecule has 0 spiro atoms. The van der Waals surface area contributed by atoms with Gasteiger partial charge in [0, 0.05) is 6.54 Å². The molecule has 0 bridgehead atoms. The van der Waals surface area contributed by atoms with Crippen LogP contribution in [0.3, 0.4) is 0 Å². The average Bonchev–Trinajstić information content (AvgIpc) is 3.41. The van der Waals surface area contributed by atoms with Gasteiger partial charge in [-0.2, -0.15) is 5.92 Å². The summed E-state index contributed by atoms with van der Waals surface area (Å²) in [6.07, 6.45) is 15.0. The Labute approximate surface area is 201 Å². The third kappa shape index (κ3) is 12.5. The Kier molecular flexibility index (Phi) is 13.9. The Bertz CT molecular complexity index is 531. The van der Waals surface area contributed by atoms with E-state index in [-0.39, 0.29) is 26.2 Å². The van der Waals surface area contributed by atoms with Crippen LogP contribution in [0.15, 0.2) is 35.9 Å². The van der Waals surface area contributed by atoms with Gasteiger partial charge in [-0.15, -0.1) is 8.07 Å². The van der Waals surface area contributed by atoms with Crippen LogP contribution in [-0.4, -0.2) is 26.1 Å². The molecular weight excluding hydrogens is 446 g/mol. The molecule has 3 heteroatoms. The van der Waals surface area contributed by atoms with Gasteiger partial charge in [0.25, 0.3) is 0 Å². The molecule has 0 aromatic heterocycles. The summed E-state index contributed by atoms with van der Waals surface area (Å²) >= 11 is 0. The van der Waals surface area contributed by atoms with Crippen LogP contribution in [0, 0.1) is 18.5 Å². The molecule has 2 aliphatic carbocycles. The molecule has 3 aliphatic rings. The third-order valence-corrected chi connectivity index (χ3v) is 6.72. The second-order valence-electron chi connectivity index (χ2n) is 9.79. The van der Waals surface area contributed by atoms with Crippen LogP contribution in [0.4, 0.5) is 0 Å². The fourth-order valence-corrected chi connectivity index (χ4v) is 5.46. The maximum atomic E-state index is 4.28. The molecule has 1 aromatic carbocycles. The van der Waals surface area contributed by atoms with E-state index < -0.39 is 8.07 Å². The van der Waals surface area contributed by atoms with E-state index in [1.165, 1.54) is 75.3 Å². The number of hydrogen-bond acceptors (Lipinski definition) is 1. The first-order chi connectivity index (χ1) is 13.4. The molecule has 1 aromatic rings. The van der Waals surface area contributed by atoms with Crippen molar-refractivity contribution < 1.29 is 26.2 Å². The molecule has 1 atom stereocenters. The van der Waals surface area contributed by atoms with Crippen LogP contribution in [0.5, 0.6) is 0 Å². The normalized spacial score (nSPS) is 23.0. The zero-order valence-corrected chi connectivity index (χ0v) is 22.8. The molecule has 3 fully saturated rings. The summed E-state index contributed by atoms with van der Waals surface area (Å²) < 4.78 is 0. The van der Waals surface area contributed by atoms with E-state index in [1.807, 2.05) is 0 Å². The molecule has 1 aliphatic heterocycles. The quantitative estimate of drug-likeness (QED) is 0.315. The number of hydrogen-bond donors (Lipinski definition) is 0. The summed E-state index contributed by atoms with van der Waals surface area (Å²) in [5, 5.41) is 0. The molecule has 29 heavy (non-hydrogen) atoms. The summed E-state index contributed by atoms with van der Waals surface area (Å²) in [6.45, 7) is 14.4. The van der Waals surface area contributed by atoms with Gasteiger partial charge < -0.3 is 17.5 Å². The average molecular weight is 489 g/mol. The fourth-order valence-electron chi connectivity index (χ4n) is 4.21. The van der Waals surface area contributed by atoms with Crippen molar-refractivity contribution in [1.29, 1.82) is 0 Å². The van der Waals surface area contributed by atoms with Crippen LogP contribution in [0.2, 0.25) is 19.6 Å². The number of benzene rings is 1. The molecule has 1 unspecified atom stereocenters. The third-order valence-electron chi connectivity index (χ3n) is 5.65. The monoisotopic (exact) mass is 487 g/mol. The van der Waals surface area contributed by atoms with Crippen LogP contribution in [-0.2, 0) is 32.7 Å². The SMILES string of the molecule is C1CCCC1.C1CCCC1.[CH2-]C1CN(Cc2ccccc2)CC1=[C-][Si](C)(C)C.[Zr+4]. The van der Waals surface area contributed by atoms with Gasteiger partial charge in [-0.05, 0) is 18.7 Å². The van der Waals surface area contributed by atoms with Crippen LogP contribution >= 0.6 is 0 Å². The van der Waals surface area contributed by atoms with E-state index in [4.69, 9.17) is 0 Å². The minimum Gasteiger partial charge on any atom is -0.499 e. The van der Waals surface area contributed by atoms with Crippen molar-refractivity contribution in [3.05, 3.63) is 54.1 Å². The van der Waals surface area contributed by atoms with Crippen molar-refractivity contribution in [2.45, 2.75) is 90.4 Å². The van der Waals surface area contributed by atoms with E-state index in [0.29, 0.717) is 5.92 Å². The summed E-state index contributed by atoms with van der Waals surface area (Å²) in [7, 11) is -1.24. The predicted molar refractivity (Wildman–Crippen MR) is 127 cm³/mol. The predicted octanol–water partition coefficient (Wildman–Crippen LogP) is 7.46. The molecule has 1 heterocycles. The molecule has 1 saturated heterocycles. The van der Waals surface area contributed by atoms with Gasteiger partial charge in [0.2, 0.25) is 0 Å². The second-order valence-corrected chi connectivity index (χ2v) is 14.5. The van der Waals surface area contributed by atoms with Crippen molar-refractivity contribution in [3.8, 4) is 0 Å². The molecule has 0 radical (unpaired) electrons. The summed E-state index contributed by atoms with van der Waals surface area (Å²) in [4.78, 5) is 2.48. The van der Waals surface area contributed by atoms with E-state index in [2.05, 4.69) is 67.5 Å². The standard InChI is InChI=1S/C16H23NSi.2C5H10.Zr/c1-14-10-17(11-15-8-6-5-7-9-15)12-16(14)13-18(2,3)4;2*1-2-4-5-3-1;/h5-9,14H,1,10-12H2,2-4H3;2*1-5H2;/q-2;;;+4. The maximum Gasteiger partial charge on any atom is 4.00 e. The molecule has 158 valence electrons. The van der Waals surface area contributed by atoms with Crippen molar-refractivity contribution in [2.24, 2.45) is 5.92 Å². The molecular formula is C26H43NSiZr+2. The van der Waals surface area contributed by atoms with Crippen LogP contribution < -0.4 is 0 Å². The Morgan fingerprint density at radius 1 is 0.862 bits per heavy atom. The Balaban J connectivity index is 0.000000311. The minimum absolute atomic E-state index is 0. The summed E-state index contributed by atoms with van der Waals surface area (Å²) in [5.41, 5.74) is 6.56. The van der Waals surface area contributed by atoms with Crippen LogP contribution in [0.1, 0.15) is 69.8 Å². The maximum absolute atomic E-state index is 4.28. The molecule has 2 saturated carbocycles. The topological polar surface area (TPSA) is 3.24 Å². The van der Waals surface area contributed by atoms with Crippen LogP contribution in [0.25, 0.3) is 0 Å². The zero-order chi connectivity index (χ0) is 20.2. The molecule has 1 nitrogen and oxygen atoms in total. The summed E-state index contributed by atoms with van der Waals surface area (Å²) in [5.74, 6) is 0.431. The van der Waals surface area contributed by atoms with Gasteiger partial charge >= 0.3 is 26.2 Å². The smallest absolute Gasteiger partial charge is 0.499 e. The first-order valence-corrected chi connectivity index (χ1v) is 15.2. The number of nitrogens with zero attached hydrogens (tertiary/aromatic N) is 1. The Morgan fingerprint density at radius 3 is 1.72 bits per heavy atom. The largest absolute Gasteiger partial charge is 4.00 e. The van der Waals surface area contributed by atoms with Gasteiger partial charge in [0.05, 0.1) is 0 Å². The number of likely N-dealkylation sites (tertiary alicyclic amines) is 1. The van der Waals surface area contributed by atoms with Crippen molar-refractivity contribution in [2.75, 3.05) is 13.1 Å². The second kappa shape index (κ2) is 14.9. The molecule has 0 amide bonds. The van der Waals surface area contributed by atoms with E-state index in [9.17, 15) is 0 Å². The number of rotatable bonds is 3. The van der Waals surface area contributed by atoms with Gasteiger partial charge in [-0.3, -0.25) is 5.57 Å². The van der Waals surface area contributed by atoms with E-state index >= 15 is 0 Å². The molecule has 0 N–H and O–H groups in total. The van der Waals surface area contributed by atoms with Crippen molar-refractivity contribution in [3.63, 3.8) is 0 Å². The fraction of sp³-hybridized carbons (Fsp3) is 0.654. The van der Waals surface area contributed by atoms with Gasteiger partial charge in [-0.1, -0.05) is 114 Å². The van der Waals surface area contributed by atoms with Gasteiger partial charge in [0.1, 0.15) is 0 Å². The van der Waals surface area contributed by atoms with E-state index in [1.54, 1.807) is 0 Å². The Morgan fingerprint density at radius 2 is 1.31 bits per heavy atom. The first-order valence-electron chi connectivity index (χ1n) is 11.7.